The number of hydrogen-bond donors (Lipinski definition) is 2. The van der Waals surface area contributed by atoms with Gasteiger partial charge < -0.3 is 10.4 Å². The molecule has 2 N–H and O–H groups in total. The predicted molar refractivity (Wildman–Crippen MR) is 46.5 cm³/mol. The van der Waals surface area contributed by atoms with Gasteiger partial charge in [-0.2, -0.15) is 0 Å². The molecule has 1 saturated carbocycles. The molecule has 0 aromatic rings. The van der Waals surface area contributed by atoms with Gasteiger partial charge in [-0.15, -0.1) is 0 Å². The average Bonchev–Trinajstić information content (AvgIpc) is 1.94. The maximum atomic E-state index is 8.73. The molecule has 0 aromatic carbocycles. The molecule has 1 fully saturated rings. The number of hydrogen-bond acceptors (Lipinski definition) is 2. The first-order chi connectivity index (χ1) is 5.33. The van der Waals surface area contributed by atoms with E-state index in [4.69, 9.17) is 5.11 Å². The van der Waals surface area contributed by atoms with Crippen molar-refractivity contribution in [1.29, 1.82) is 0 Å². The lowest BCUT2D eigenvalue weighted by Gasteiger charge is -2.26. The van der Waals surface area contributed by atoms with Gasteiger partial charge in [0.1, 0.15) is 0 Å². The Balaban J connectivity index is 1.86. The second-order valence-electron chi connectivity index (χ2n) is 3.74. The smallest absolute Gasteiger partial charge is 0.0468 e. The third kappa shape index (κ3) is 3.21. The van der Waals surface area contributed by atoms with Crippen LogP contribution in [0.4, 0.5) is 0 Å². The van der Waals surface area contributed by atoms with Gasteiger partial charge in [0.05, 0.1) is 0 Å². The van der Waals surface area contributed by atoms with Crippen LogP contribution in [0.25, 0.3) is 0 Å². The summed E-state index contributed by atoms with van der Waals surface area (Å²) >= 11 is 0. The molecular weight excluding hydrogens is 138 g/mol. The molecule has 0 amide bonds. The van der Waals surface area contributed by atoms with Crippen LogP contribution >= 0.6 is 0 Å². The summed E-state index contributed by atoms with van der Waals surface area (Å²) in [5, 5.41) is 12.1. The van der Waals surface area contributed by atoms with Crippen molar-refractivity contribution in [2.45, 2.75) is 26.2 Å². The summed E-state index contributed by atoms with van der Waals surface area (Å²) in [5.74, 6) is 1.34. The zero-order chi connectivity index (χ0) is 8.10. The van der Waals surface area contributed by atoms with Gasteiger partial charge in [-0.3, -0.25) is 0 Å². The van der Waals surface area contributed by atoms with E-state index in [-0.39, 0.29) is 0 Å². The zero-order valence-corrected chi connectivity index (χ0v) is 7.34. The highest BCUT2D eigenvalue weighted by Crippen LogP contribution is 2.25. The summed E-state index contributed by atoms with van der Waals surface area (Å²) in [7, 11) is 0. The number of aliphatic hydroxyl groups excluding tert-OH is 1. The van der Waals surface area contributed by atoms with E-state index < -0.39 is 0 Å². The van der Waals surface area contributed by atoms with Crippen LogP contribution < -0.4 is 5.32 Å². The van der Waals surface area contributed by atoms with Crippen LogP contribution in [0.3, 0.4) is 0 Å². The number of aliphatic hydroxyl groups is 1. The van der Waals surface area contributed by atoms with Crippen LogP contribution in [0.15, 0.2) is 0 Å². The Kier molecular flexibility index (Phi) is 3.87. The largest absolute Gasteiger partial charge is 0.396 e. The number of rotatable bonds is 5. The molecule has 0 bridgehead atoms. The van der Waals surface area contributed by atoms with Crippen molar-refractivity contribution in [3.8, 4) is 0 Å². The molecule has 11 heavy (non-hydrogen) atoms. The fourth-order valence-electron chi connectivity index (χ4n) is 1.30. The molecule has 0 heterocycles. The van der Waals surface area contributed by atoms with E-state index in [0.717, 1.165) is 19.0 Å². The third-order valence-electron chi connectivity index (χ3n) is 2.46. The topological polar surface area (TPSA) is 32.3 Å². The lowest BCUT2D eigenvalue weighted by Crippen LogP contribution is -2.31. The predicted octanol–water partition coefficient (Wildman–Crippen LogP) is 1.00. The molecule has 1 unspecified atom stereocenters. The Morgan fingerprint density at radius 2 is 2.27 bits per heavy atom. The first-order valence-corrected chi connectivity index (χ1v) is 4.64. The van der Waals surface area contributed by atoms with Crippen LogP contribution in [0.2, 0.25) is 0 Å². The highest BCUT2D eigenvalue weighted by atomic mass is 16.3. The van der Waals surface area contributed by atoms with Crippen molar-refractivity contribution < 1.29 is 5.11 Å². The van der Waals surface area contributed by atoms with Gasteiger partial charge in [-0.1, -0.05) is 13.3 Å². The van der Waals surface area contributed by atoms with Gasteiger partial charge in [-0.05, 0) is 37.8 Å². The van der Waals surface area contributed by atoms with E-state index in [1.54, 1.807) is 0 Å². The minimum absolute atomic E-state index is 0.303. The Morgan fingerprint density at radius 3 is 2.73 bits per heavy atom. The first-order valence-electron chi connectivity index (χ1n) is 4.64. The quantitative estimate of drug-likeness (QED) is 0.624. The maximum absolute atomic E-state index is 8.73. The molecular formula is C9H19NO. The van der Waals surface area contributed by atoms with Crippen molar-refractivity contribution >= 4 is 0 Å². The molecule has 0 saturated heterocycles. The van der Waals surface area contributed by atoms with E-state index in [2.05, 4.69) is 12.2 Å². The Bertz CT molecular complexity index is 97.0. The Labute approximate surface area is 69.0 Å². The van der Waals surface area contributed by atoms with E-state index >= 15 is 0 Å². The fraction of sp³-hybridized carbons (Fsp3) is 1.00. The van der Waals surface area contributed by atoms with Gasteiger partial charge >= 0.3 is 0 Å². The summed E-state index contributed by atoms with van der Waals surface area (Å²) < 4.78 is 0. The third-order valence-corrected chi connectivity index (χ3v) is 2.46. The maximum Gasteiger partial charge on any atom is 0.0468 e. The summed E-state index contributed by atoms with van der Waals surface area (Å²) in [6.07, 6.45) is 4.23. The van der Waals surface area contributed by atoms with Crippen molar-refractivity contribution in [3.63, 3.8) is 0 Å². The lowest BCUT2D eigenvalue weighted by atomic mass is 9.85. The Hall–Kier alpha value is -0.0800. The minimum atomic E-state index is 0.303. The summed E-state index contributed by atoms with van der Waals surface area (Å²) in [4.78, 5) is 0. The Morgan fingerprint density at radius 1 is 1.55 bits per heavy atom. The van der Waals surface area contributed by atoms with Gasteiger partial charge in [0.15, 0.2) is 0 Å². The van der Waals surface area contributed by atoms with Crippen molar-refractivity contribution in [2.75, 3.05) is 19.7 Å². The zero-order valence-electron chi connectivity index (χ0n) is 7.34. The monoisotopic (exact) mass is 157 g/mol. The van der Waals surface area contributed by atoms with Gasteiger partial charge in [0.25, 0.3) is 0 Å². The van der Waals surface area contributed by atoms with Crippen molar-refractivity contribution in [1.82, 2.24) is 5.32 Å². The molecule has 0 spiro atoms. The molecule has 1 rings (SSSR count). The van der Waals surface area contributed by atoms with E-state index in [1.807, 2.05) is 0 Å². The summed E-state index contributed by atoms with van der Waals surface area (Å²) in [6.45, 7) is 4.49. The van der Waals surface area contributed by atoms with E-state index in [0.29, 0.717) is 12.5 Å². The minimum Gasteiger partial charge on any atom is -0.396 e. The van der Waals surface area contributed by atoms with Crippen molar-refractivity contribution in [3.05, 3.63) is 0 Å². The van der Waals surface area contributed by atoms with E-state index in [9.17, 15) is 0 Å². The standard InChI is InChI=1S/C9H19NO/c1-8(7-11)5-10-6-9-3-2-4-9/h8-11H,2-7H2,1H3. The van der Waals surface area contributed by atoms with Gasteiger partial charge in [0, 0.05) is 6.61 Å². The summed E-state index contributed by atoms with van der Waals surface area (Å²) in [6, 6.07) is 0. The molecule has 2 heteroatoms. The number of nitrogens with one attached hydrogen (secondary N) is 1. The fourth-order valence-corrected chi connectivity index (χ4v) is 1.30. The molecule has 1 atom stereocenters. The molecule has 1 aliphatic rings. The molecule has 66 valence electrons. The highest BCUT2D eigenvalue weighted by molar-refractivity contribution is 4.71. The highest BCUT2D eigenvalue weighted by Gasteiger charge is 2.16. The second kappa shape index (κ2) is 4.73. The van der Waals surface area contributed by atoms with Crippen molar-refractivity contribution in [2.24, 2.45) is 11.8 Å². The normalized spacial score (nSPS) is 21.3. The van der Waals surface area contributed by atoms with Crippen LogP contribution in [-0.4, -0.2) is 24.8 Å². The molecule has 0 aliphatic heterocycles. The van der Waals surface area contributed by atoms with Crippen LogP contribution in [0.1, 0.15) is 26.2 Å². The van der Waals surface area contributed by atoms with E-state index in [1.165, 1.54) is 19.3 Å². The van der Waals surface area contributed by atoms with Crippen LogP contribution in [0.5, 0.6) is 0 Å². The molecule has 0 aromatic heterocycles. The second-order valence-corrected chi connectivity index (χ2v) is 3.74. The lowest BCUT2D eigenvalue weighted by molar-refractivity contribution is 0.226. The van der Waals surface area contributed by atoms with Crippen LogP contribution in [0, 0.1) is 11.8 Å². The average molecular weight is 157 g/mol. The van der Waals surface area contributed by atoms with Gasteiger partial charge in [0.2, 0.25) is 0 Å². The first kappa shape index (κ1) is 9.01. The molecule has 2 nitrogen and oxygen atoms in total. The van der Waals surface area contributed by atoms with Crippen LogP contribution in [-0.2, 0) is 0 Å². The summed E-state index contributed by atoms with van der Waals surface area (Å²) in [5.41, 5.74) is 0. The molecule has 1 aliphatic carbocycles. The SMILES string of the molecule is CC(CO)CNCC1CCC1. The van der Waals surface area contributed by atoms with Gasteiger partial charge in [-0.25, -0.2) is 0 Å². The molecule has 0 radical (unpaired) electrons.